The summed E-state index contributed by atoms with van der Waals surface area (Å²) in [6, 6.07) is 6.06. The van der Waals surface area contributed by atoms with Crippen LogP contribution in [0, 0.1) is 24.7 Å². The Balaban J connectivity index is 1.78. The van der Waals surface area contributed by atoms with E-state index in [4.69, 9.17) is 5.11 Å². The number of rotatable bonds is 4. The molecule has 0 radical (unpaired) electrons. The number of benzene rings is 1. The monoisotopic (exact) mass is 297 g/mol. The summed E-state index contributed by atoms with van der Waals surface area (Å²) < 4.78 is 1.54. The van der Waals surface area contributed by atoms with Gasteiger partial charge in [-0.15, -0.1) is 5.10 Å². The first-order valence-electron chi connectivity index (χ1n) is 7.47. The van der Waals surface area contributed by atoms with Gasteiger partial charge in [0.25, 0.3) is 0 Å². The second-order valence-corrected chi connectivity index (χ2v) is 5.74. The SMILES string of the molecule is Cc1cc(C#CC2CC2)ccc1-c1cn(C[C@H](O)CO)nn1. The van der Waals surface area contributed by atoms with Crippen molar-refractivity contribution in [1.82, 2.24) is 15.0 Å². The molecular formula is C17H19N3O2. The molecule has 0 amide bonds. The molecule has 1 aliphatic rings. The number of aliphatic hydroxyl groups excluding tert-OH is 2. The zero-order valence-corrected chi connectivity index (χ0v) is 12.5. The van der Waals surface area contributed by atoms with Gasteiger partial charge in [0.2, 0.25) is 0 Å². The Hall–Kier alpha value is -2.16. The summed E-state index contributed by atoms with van der Waals surface area (Å²) in [6.07, 6.45) is 3.41. The highest BCUT2D eigenvalue weighted by molar-refractivity contribution is 5.64. The van der Waals surface area contributed by atoms with Crippen LogP contribution in [0.2, 0.25) is 0 Å². The van der Waals surface area contributed by atoms with Crippen LogP contribution in [-0.2, 0) is 6.54 Å². The van der Waals surface area contributed by atoms with E-state index in [2.05, 4.69) is 28.2 Å². The zero-order valence-electron chi connectivity index (χ0n) is 12.5. The lowest BCUT2D eigenvalue weighted by Gasteiger charge is -2.05. The summed E-state index contributed by atoms with van der Waals surface area (Å²) in [4.78, 5) is 0. The minimum absolute atomic E-state index is 0.230. The number of hydrogen-bond acceptors (Lipinski definition) is 4. The molecule has 0 saturated heterocycles. The largest absolute Gasteiger partial charge is 0.394 e. The Labute approximate surface area is 129 Å². The number of nitrogens with zero attached hydrogens (tertiary/aromatic N) is 3. The minimum atomic E-state index is -0.823. The molecule has 0 bridgehead atoms. The van der Waals surface area contributed by atoms with E-state index in [0.717, 1.165) is 22.4 Å². The molecule has 1 saturated carbocycles. The fourth-order valence-electron chi connectivity index (χ4n) is 2.23. The summed E-state index contributed by atoms with van der Waals surface area (Å²) in [5.74, 6) is 7.07. The number of aryl methyl sites for hydroxylation is 1. The van der Waals surface area contributed by atoms with E-state index < -0.39 is 6.10 Å². The van der Waals surface area contributed by atoms with Gasteiger partial charge in [0.05, 0.1) is 25.5 Å². The number of hydrogen-bond donors (Lipinski definition) is 2. The Kier molecular flexibility index (Phi) is 4.23. The first-order valence-corrected chi connectivity index (χ1v) is 7.47. The summed E-state index contributed by atoms with van der Waals surface area (Å²) in [6.45, 7) is 1.97. The standard InChI is InChI=1S/C17H19N3O2/c1-12-8-14(5-4-13-2-3-13)6-7-16(12)17-10-20(19-18-17)9-15(22)11-21/h6-8,10,13,15,21-22H,2-3,9,11H2,1H3/t15-/m0/s1. The molecule has 3 rings (SSSR count). The minimum Gasteiger partial charge on any atom is -0.394 e. The van der Waals surface area contributed by atoms with Gasteiger partial charge in [-0.1, -0.05) is 23.1 Å². The summed E-state index contributed by atoms with van der Waals surface area (Å²) >= 11 is 0. The van der Waals surface area contributed by atoms with E-state index in [1.807, 2.05) is 19.1 Å². The lowest BCUT2D eigenvalue weighted by molar-refractivity contribution is 0.0778. The third kappa shape index (κ3) is 3.53. The predicted octanol–water partition coefficient (Wildman–Crippen LogP) is 1.37. The van der Waals surface area contributed by atoms with Crippen LogP contribution in [0.15, 0.2) is 24.4 Å². The topological polar surface area (TPSA) is 71.2 Å². The molecule has 1 aliphatic carbocycles. The van der Waals surface area contributed by atoms with Crippen LogP contribution in [0.4, 0.5) is 0 Å². The molecular weight excluding hydrogens is 278 g/mol. The average molecular weight is 297 g/mol. The average Bonchev–Trinajstić information content (AvgIpc) is 3.24. The van der Waals surface area contributed by atoms with Gasteiger partial charge in [-0.3, -0.25) is 0 Å². The van der Waals surface area contributed by atoms with E-state index >= 15 is 0 Å². The lowest BCUT2D eigenvalue weighted by atomic mass is 10.0. The van der Waals surface area contributed by atoms with Crippen molar-refractivity contribution in [2.24, 2.45) is 5.92 Å². The quantitative estimate of drug-likeness (QED) is 0.836. The molecule has 114 valence electrons. The van der Waals surface area contributed by atoms with Crippen LogP contribution in [0.5, 0.6) is 0 Å². The second kappa shape index (κ2) is 6.30. The Bertz CT molecular complexity index is 723. The van der Waals surface area contributed by atoms with Gasteiger partial charge in [0.1, 0.15) is 5.69 Å². The first kappa shape index (κ1) is 14.8. The first-order chi connectivity index (χ1) is 10.7. The van der Waals surface area contributed by atoms with Crippen LogP contribution < -0.4 is 0 Å². The Morgan fingerprint density at radius 2 is 2.23 bits per heavy atom. The molecule has 0 aliphatic heterocycles. The molecule has 0 unspecified atom stereocenters. The smallest absolute Gasteiger partial charge is 0.113 e. The molecule has 1 heterocycles. The van der Waals surface area contributed by atoms with Gasteiger partial charge >= 0.3 is 0 Å². The van der Waals surface area contributed by atoms with Crippen molar-refractivity contribution in [2.75, 3.05) is 6.61 Å². The normalized spacial score (nSPS) is 15.2. The maximum Gasteiger partial charge on any atom is 0.113 e. The fraction of sp³-hybridized carbons (Fsp3) is 0.412. The van der Waals surface area contributed by atoms with Crippen LogP contribution in [0.25, 0.3) is 11.3 Å². The van der Waals surface area contributed by atoms with Crippen molar-refractivity contribution in [3.63, 3.8) is 0 Å². The fourth-order valence-corrected chi connectivity index (χ4v) is 2.23. The third-order valence-corrected chi connectivity index (χ3v) is 3.65. The number of aromatic nitrogens is 3. The van der Waals surface area contributed by atoms with Crippen LogP contribution in [-0.4, -0.2) is 37.9 Å². The predicted molar refractivity (Wildman–Crippen MR) is 82.9 cm³/mol. The molecule has 1 atom stereocenters. The molecule has 2 N–H and O–H groups in total. The van der Waals surface area contributed by atoms with Crippen molar-refractivity contribution < 1.29 is 10.2 Å². The van der Waals surface area contributed by atoms with Crippen molar-refractivity contribution in [1.29, 1.82) is 0 Å². The van der Waals surface area contributed by atoms with E-state index in [1.165, 1.54) is 17.5 Å². The maximum absolute atomic E-state index is 9.44. The van der Waals surface area contributed by atoms with Gasteiger partial charge in [0.15, 0.2) is 0 Å². The van der Waals surface area contributed by atoms with E-state index in [-0.39, 0.29) is 13.2 Å². The van der Waals surface area contributed by atoms with Crippen molar-refractivity contribution in [2.45, 2.75) is 32.4 Å². The highest BCUT2D eigenvalue weighted by Crippen LogP contribution is 2.28. The molecule has 1 fully saturated rings. The number of aliphatic hydroxyl groups is 2. The van der Waals surface area contributed by atoms with E-state index in [1.54, 1.807) is 6.20 Å². The van der Waals surface area contributed by atoms with Crippen molar-refractivity contribution in [3.8, 4) is 23.1 Å². The van der Waals surface area contributed by atoms with Gasteiger partial charge in [-0.2, -0.15) is 0 Å². The van der Waals surface area contributed by atoms with Gasteiger partial charge < -0.3 is 10.2 Å². The second-order valence-electron chi connectivity index (χ2n) is 5.74. The summed E-state index contributed by atoms with van der Waals surface area (Å²) in [5, 5.41) is 26.4. The summed E-state index contributed by atoms with van der Waals surface area (Å²) in [5.41, 5.74) is 3.87. The van der Waals surface area contributed by atoms with Crippen molar-refractivity contribution in [3.05, 3.63) is 35.5 Å². The molecule has 22 heavy (non-hydrogen) atoms. The molecule has 2 aromatic rings. The highest BCUT2D eigenvalue weighted by Gasteiger charge is 2.17. The molecule has 0 spiro atoms. The Morgan fingerprint density at radius 1 is 1.41 bits per heavy atom. The Morgan fingerprint density at radius 3 is 2.91 bits per heavy atom. The lowest BCUT2D eigenvalue weighted by Crippen LogP contribution is -2.20. The van der Waals surface area contributed by atoms with Gasteiger partial charge in [-0.05, 0) is 37.5 Å². The van der Waals surface area contributed by atoms with Crippen LogP contribution >= 0.6 is 0 Å². The van der Waals surface area contributed by atoms with Gasteiger partial charge in [0, 0.05) is 17.0 Å². The molecule has 5 heteroatoms. The molecule has 1 aromatic carbocycles. The van der Waals surface area contributed by atoms with Crippen LogP contribution in [0.3, 0.4) is 0 Å². The molecule has 5 nitrogen and oxygen atoms in total. The molecule has 1 aromatic heterocycles. The van der Waals surface area contributed by atoms with Crippen molar-refractivity contribution >= 4 is 0 Å². The van der Waals surface area contributed by atoms with E-state index in [0.29, 0.717) is 5.92 Å². The maximum atomic E-state index is 9.44. The zero-order chi connectivity index (χ0) is 15.5. The third-order valence-electron chi connectivity index (χ3n) is 3.65. The van der Waals surface area contributed by atoms with E-state index in [9.17, 15) is 5.11 Å². The highest BCUT2D eigenvalue weighted by atomic mass is 16.3. The van der Waals surface area contributed by atoms with Gasteiger partial charge in [-0.25, -0.2) is 4.68 Å². The van der Waals surface area contributed by atoms with Crippen LogP contribution in [0.1, 0.15) is 24.0 Å². The summed E-state index contributed by atoms with van der Waals surface area (Å²) in [7, 11) is 0.